The van der Waals surface area contributed by atoms with Crippen LogP contribution in [0.1, 0.15) is 24.5 Å². The highest BCUT2D eigenvalue weighted by molar-refractivity contribution is 5.85. The minimum absolute atomic E-state index is 0. The molecule has 0 aromatic heterocycles. The molecule has 0 bridgehead atoms. The number of hydrogen-bond donors (Lipinski definition) is 2. The Morgan fingerprint density at radius 3 is 2.27 bits per heavy atom. The molecule has 1 rings (SSSR count). The Morgan fingerprint density at radius 1 is 1.18 bits per heavy atom. The molecule has 1 aromatic carbocycles. The van der Waals surface area contributed by atoms with Gasteiger partial charge in [-0.2, -0.15) is 13.2 Å². The second-order valence-corrected chi connectivity index (χ2v) is 5.05. The summed E-state index contributed by atoms with van der Waals surface area (Å²) in [6.07, 6.45) is -3.06. The van der Waals surface area contributed by atoms with E-state index in [0.717, 1.165) is 30.7 Å². The summed E-state index contributed by atoms with van der Waals surface area (Å²) < 4.78 is 37.3. The van der Waals surface area contributed by atoms with E-state index in [9.17, 15) is 18.0 Å². The molecule has 126 valence electrons. The molecule has 1 amide bonds. The molecule has 0 aliphatic heterocycles. The Balaban J connectivity index is 0.00000441. The molecule has 1 atom stereocenters. The lowest BCUT2D eigenvalue weighted by atomic mass is 9.99. The van der Waals surface area contributed by atoms with Gasteiger partial charge in [0.25, 0.3) is 0 Å². The highest BCUT2D eigenvalue weighted by atomic mass is 35.5. The zero-order chi connectivity index (χ0) is 15.9. The first kappa shape index (κ1) is 20.7. The molecule has 1 aromatic rings. The van der Waals surface area contributed by atoms with Crippen molar-refractivity contribution < 1.29 is 18.0 Å². The highest BCUT2D eigenvalue weighted by Crippen LogP contribution is 2.29. The average Bonchev–Trinajstić information content (AvgIpc) is 2.43. The minimum atomic E-state index is -4.32. The molecule has 0 radical (unpaired) electrons. The maximum absolute atomic E-state index is 12.4. The minimum Gasteiger partial charge on any atom is -0.356 e. The first-order valence-electron chi connectivity index (χ1n) is 6.93. The summed E-state index contributed by atoms with van der Waals surface area (Å²) >= 11 is 0. The Labute approximate surface area is 135 Å². The van der Waals surface area contributed by atoms with Crippen LogP contribution in [0.2, 0.25) is 0 Å². The molecule has 22 heavy (non-hydrogen) atoms. The van der Waals surface area contributed by atoms with Crippen LogP contribution in [0.15, 0.2) is 24.3 Å². The van der Waals surface area contributed by atoms with Crippen LogP contribution in [0.4, 0.5) is 13.2 Å². The molecule has 0 spiro atoms. The van der Waals surface area contributed by atoms with Crippen molar-refractivity contribution in [1.29, 1.82) is 0 Å². The van der Waals surface area contributed by atoms with Crippen LogP contribution in [0, 0.1) is 5.92 Å². The van der Waals surface area contributed by atoms with Crippen LogP contribution < -0.4 is 10.6 Å². The van der Waals surface area contributed by atoms with Gasteiger partial charge in [-0.25, -0.2) is 0 Å². The lowest BCUT2D eigenvalue weighted by molar-refractivity contribution is -0.137. The first-order valence-corrected chi connectivity index (χ1v) is 6.93. The number of rotatable bonds is 7. The van der Waals surface area contributed by atoms with E-state index in [4.69, 9.17) is 0 Å². The fourth-order valence-corrected chi connectivity index (χ4v) is 1.93. The fraction of sp³-hybridized carbons (Fsp3) is 0.533. The topological polar surface area (TPSA) is 41.1 Å². The molecule has 0 fully saturated rings. The quantitative estimate of drug-likeness (QED) is 0.750. The lowest BCUT2D eigenvalue weighted by Gasteiger charge is -2.13. The largest absolute Gasteiger partial charge is 0.416 e. The van der Waals surface area contributed by atoms with Gasteiger partial charge in [-0.05, 0) is 44.1 Å². The van der Waals surface area contributed by atoms with Gasteiger partial charge in [-0.15, -0.1) is 12.4 Å². The molecule has 0 saturated carbocycles. The Hall–Kier alpha value is -1.27. The third-order valence-electron chi connectivity index (χ3n) is 3.17. The summed E-state index contributed by atoms with van der Waals surface area (Å²) in [6.45, 7) is 3.19. The van der Waals surface area contributed by atoms with Crippen LogP contribution in [-0.4, -0.2) is 26.0 Å². The van der Waals surface area contributed by atoms with Crippen LogP contribution in [-0.2, 0) is 17.4 Å². The van der Waals surface area contributed by atoms with E-state index in [1.165, 1.54) is 12.1 Å². The van der Waals surface area contributed by atoms with Crippen molar-refractivity contribution in [2.24, 2.45) is 5.92 Å². The summed E-state index contributed by atoms with van der Waals surface area (Å²) in [6, 6.07) is 4.95. The maximum Gasteiger partial charge on any atom is 0.416 e. The van der Waals surface area contributed by atoms with Gasteiger partial charge in [0.05, 0.1) is 5.56 Å². The monoisotopic (exact) mass is 338 g/mol. The predicted octanol–water partition coefficient (Wildman–Crippen LogP) is 3.03. The first-order chi connectivity index (χ1) is 9.84. The maximum atomic E-state index is 12.4. The summed E-state index contributed by atoms with van der Waals surface area (Å²) in [5, 5.41) is 5.80. The van der Waals surface area contributed by atoms with Gasteiger partial charge >= 0.3 is 6.18 Å². The number of nitrogens with one attached hydrogen (secondary N) is 2. The Kier molecular flexibility index (Phi) is 9.13. The standard InChI is InChI=1S/C15H21F3N2O.ClH/c1-11(14(21)20-9-3-8-19-2)10-12-4-6-13(7-5-12)15(16,17)18;/h4-7,11,19H,3,8-10H2,1-2H3,(H,20,21);1H. The van der Waals surface area contributed by atoms with Crippen molar-refractivity contribution in [3.63, 3.8) is 0 Å². The van der Waals surface area contributed by atoms with Crippen LogP contribution in [0.5, 0.6) is 0 Å². The molecular weight excluding hydrogens is 317 g/mol. The van der Waals surface area contributed by atoms with Gasteiger partial charge in [0.1, 0.15) is 0 Å². The molecule has 2 N–H and O–H groups in total. The summed E-state index contributed by atoms with van der Waals surface area (Å²) in [5.74, 6) is -0.345. The number of carbonyl (C=O) groups excluding carboxylic acids is 1. The van der Waals surface area contributed by atoms with E-state index in [0.29, 0.717) is 13.0 Å². The molecular formula is C15H22ClF3N2O. The zero-order valence-electron chi connectivity index (χ0n) is 12.7. The van der Waals surface area contributed by atoms with Gasteiger partial charge < -0.3 is 10.6 Å². The lowest BCUT2D eigenvalue weighted by Crippen LogP contribution is -2.32. The van der Waals surface area contributed by atoms with E-state index >= 15 is 0 Å². The van der Waals surface area contributed by atoms with Gasteiger partial charge in [-0.3, -0.25) is 4.79 Å². The van der Waals surface area contributed by atoms with Crippen LogP contribution in [0.25, 0.3) is 0 Å². The van der Waals surface area contributed by atoms with E-state index in [1.54, 1.807) is 6.92 Å². The molecule has 0 heterocycles. The average molecular weight is 339 g/mol. The number of amides is 1. The second-order valence-electron chi connectivity index (χ2n) is 5.05. The van der Waals surface area contributed by atoms with Crippen molar-refractivity contribution >= 4 is 18.3 Å². The SMILES string of the molecule is CNCCCNC(=O)C(C)Cc1ccc(C(F)(F)F)cc1.Cl. The third-order valence-corrected chi connectivity index (χ3v) is 3.17. The summed E-state index contributed by atoms with van der Waals surface area (Å²) in [4.78, 5) is 11.8. The zero-order valence-corrected chi connectivity index (χ0v) is 13.5. The van der Waals surface area contributed by atoms with Crippen molar-refractivity contribution in [3.05, 3.63) is 35.4 Å². The van der Waals surface area contributed by atoms with Gasteiger partial charge in [0.15, 0.2) is 0 Å². The number of benzene rings is 1. The van der Waals surface area contributed by atoms with Crippen molar-refractivity contribution in [1.82, 2.24) is 10.6 Å². The molecule has 3 nitrogen and oxygen atoms in total. The van der Waals surface area contributed by atoms with E-state index in [1.807, 2.05) is 7.05 Å². The molecule has 0 saturated heterocycles. The fourth-order valence-electron chi connectivity index (χ4n) is 1.93. The van der Waals surface area contributed by atoms with E-state index in [2.05, 4.69) is 10.6 Å². The van der Waals surface area contributed by atoms with Crippen molar-refractivity contribution in [2.45, 2.75) is 25.9 Å². The number of alkyl halides is 3. The number of carbonyl (C=O) groups is 1. The summed E-state index contributed by atoms with van der Waals surface area (Å²) in [7, 11) is 1.84. The Morgan fingerprint density at radius 2 is 1.77 bits per heavy atom. The van der Waals surface area contributed by atoms with Crippen molar-refractivity contribution in [3.8, 4) is 0 Å². The number of hydrogen-bond acceptors (Lipinski definition) is 2. The van der Waals surface area contributed by atoms with Crippen LogP contribution in [0.3, 0.4) is 0 Å². The van der Waals surface area contributed by atoms with Crippen molar-refractivity contribution in [2.75, 3.05) is 20.1 Å². The second kappa shape index (κ2) is 9.69. The summed E-state index contributed by atoms with van der Waals surface area (Å²) in [5.41, 5.74) is 0.0521. The smallest absolute Gasteiger partial charge is 0.356 e. The van der Waals surface area contributed by atoms with Crippen LogP contribution >= 0.6 is 12.4 Å². The number of halogens is 4. The normalized spacial score (nSPS) is 12.4. The predicted molar refractivity (Wildman–Crippen MR) is 83.1 cm³/mol. The third kappa shape index (κ3) is 7.13. The van der Waals surface area contributed by atoms with Gasteiger partial charge in [-0.1, -0.05) is 19.1 Å². The van der Waals surface area contributed by atoms with E-state index < -0.39 is 11.7 Å². The van der Waals surface area contributed by atoms with Gasteiger partial charge in [0.2, 0.25) is 5.91 Å². The molecule has 0 aliphatic carbocycles. The molecule has 1 unspecified atom stereocenters. The molecule has 7 heteroatoms. The van der Waals surface area contributed by atoms with Gasteiger partial charge in [0, 0.05) is 12.5 Å². The Bertz CT molecular complexity index is 449. The molecule has 0 aliphatic rings. The van der Waals surface area contributed by atoms with E-state index in [-0.39, 0.29) is 24.2 Å². The highest BCUT2D eigenvalue weighted by Gasteiger charge is 2.30.